The standard InChI is InChI=1S/C10H10BrNS/c1-7-5-8(11)9(13-7)10(6-12)3-2-4-10/h5H,2-4H2,1H3. The van der Waals surface area contributed by atoms with E-state index in [0.29, 0.717) is 0 Å². The topological polar surface area (TPSA) is 23.8 Å². The minimum atomic E-state index is -0.155. The molecule has 3 heteroatoms. The lowest BCUT2D eigenvalue weighted by Crippen LogP contribution is -2.31. The molecule has 1 aliphatic carbocycles. The van der Waals surface area contributed by atoms with E-state index in [1.54, 1.807) is 11.3 Å². The number of halogens is 1. The molecule has 0 aliphatic heterocycles. The largest absolute Gasteiger partial charge is 0.197 e. The zero-order valence-corrected chi connectivity index (χ0v) is 9.83. The second-order valence-corrected chi connectivity index (χ2v) is 5.69. The Balaban J connectivity index is 2.45. The molecule has 0 bridgehead atoms. The number of hydrogen-bond acceptors (Lipinski definition) is 2. The molecule has 1 aromatic rings. The number of nitrogens with zero attached hydrogens (tertiary/aromatic N) is 1. The fourth-order valence-corrected chi connectivity index (χ4v) is 3.95. The fourth-order valence-electron chi connectivity index (χ4n) is 1.73. The van der Waals surface area contributed by atoms with Gasteiger partial charge in [0.15, 0.2) is 0 Å². The SMILES string of the molecule is Cc1cc(Br)c(C2(C#N)CCC2)s1. The first-order valence-corrected chi connectivity index (χ1v) is 5.96. The van der Waals surface area contributed by atoms with Gasteiger partial charge in [-0.2, -0.15) is 5.26 Å². The maximum absolute atomic E-state index is 9.16. The van der Waals surface area contributed by atoms with Crippen molar-refractivity contribution in [2.24, 2.45) is 0 Å². The molecule has 1 nitrogen and oxygen atoms in total. The third-order valence-electron chi connectivity index (χ3n) is 2.67. The van der Waals surface area contributed by atoms with E-state index in [1.807, 2.05) is 0 Å². The Labute approximate surface area is 90.5 Å². The van der Waals surface area contributed by atoms with Gasteiger partial charge in [-0.15, -0.1) is 11.3 Å². The van der Waals surface area contributed by atoms with E-state index < -0.39 is 0 Å². The van der Waals surface area contributed by atoms with Crippen LogP contribution in [0, 0.1) is 18.3 Å². The Hall–Kier alpha value is -0.330. The summed E-state index contributed by atoms with van der Waals surface area (Å²) in [5.74, 6) is 0. The van der Waals surface area contributed by atoms with Gasteiger partial charge in [0.25, 0.3) is 0 Å². The highest BCUT2D eigenvalue weighted by molar-refractivity contribution is 9.10. The molecule has 2 rings (SSSR count). The van der Waals surface area contributed by atoms with Crippen LogP contribution in [0.4, 0.5) is 0 Å². The minimum absolute atomic E-state index is 0.155. The van der Waals surface area contributed by atoms with Gasteiger partial charge >= 0.3 is 0 Å². The predicted molar refractivity (Wildman–Crippen MR) is 57.9 cm³/mol. The minimum Gasteiger partial charge on any atom is -0.197 e. The van der Waals surface area contributed by atoms with Crippen molar-refractivity contribution in [2.75, 3.05) is 0 Å². The van der Waals surface area contributed by atoms with Crippen molar-refractivity contribution in [3.63, 3.8) is 0 Å². The fraction of sp³-hybridized carbons (Fsp3) is 0.500. The average Bonchev–Trinajstić information content (AvgIpc) is 2.30. The van der Waals surface area contributed by atoms with E-state index in [4.69, 9.17) is 5.26 Å². The Morgan fingerprint density at radius 1 is 1.62 bits per heavy atom. The van der Waals surface area contributed by atoms with Gasteiger partial charge in [0.2, 0.25) is 0 Å². The van der Waals surface area contributed by atoms with Crippen molar-refractivity contribution >= 4 is 27.3 Å². The maximum Gasteiger partial charge on any atom is 0.0926 e. The molecule has 0 atom stereocenters. The molecule has 0 N–H and O–H groups in total. The summed E-state index contributed by atoms with van der Waals surface area (Å²) in [5.41, 5.74) is -0.155. The van der Waals surface area contributed by atoms with Gasteiger partial charge < -0.3 is 0 Å². The van der Waals surface area contributed by atoms with Gasteiger partial charge in [-0.3, -0.25) is 0 Å². The van der Waals surface area contributed by atoms with Crippen LogP contribution in [0.3, 0.4) is 0 Å². The van der Waals surface area contributed by atoms with Crippen molar-refractivity contribution < 1.29 is 0 Å². The summed E-state index contributed by atoms with van der Waals surface area (Å²) >= 11 is 5.28. The van der Waals surface area contributed by atoms with E-state index in [2.05, 4.69) is 35.0 Å². The third-order valence-corrected chi connectivity index (χ3v) is 4.81. The van der Waals surface area contributed by atoms with Gasteiger partial charge in [-0.1, -0.05) is 0 Å². The Kier molecular flexibility index (Phi) is 2.21. The highest BCUT2D eigenvalue weighted by Gasteiger charge is 2.41. The Morgan fingerprint density at radius 3 is 2.62 bits per heavy atom. The Morgan fingerprint density at radius 2 is 2.31 bits per heavy atom. The summed E-state index contributed by atoms with van der Waals surface area (Å²) in [6.45, 7) is 2.09. The Bertz CT molecular complexity index is 371. The zero-order valence-electron chi connectivity index (χ0n) is 7.43. The summed E-state index contributed by atoms with van der Waals surface area (Å²) in [6, 6.07) is 4.57. The maximum atomic E-state index is 9.16. The molecule has 0 amide bonds. The molecule has 0 unspecified atom stereocenters. The van der Waals surface area contributed by atoms with Crippen LogP contribution in [-0.4, -0.2) is 0 Å². The van der Waals surface area contributed by atoms with E-state index in [9.17, 15) is 0 Å². The van der Waals surface area contributed by atoms with Crippen LogP contribution in [-0.2, 0) is 5.41 Å². The van der Waals surface area contributed by atoms with Gasteiger partial charge in [0.05, 0.1) is 11.5 Å². The number of aryl methyl sites for hydroxylation is 1. The lowest BCUT2D eigenvalue weighted by molar-refractivity contribution is 0.329. The first-order valence-electron chi connectivity index (χ1n) is 4.36. The molecule has 1 saturated carbocycles. The smallest absolute Gasteiger partial charge is 0.0926 e. The molecule has 1 heterocycles. The predicted octanol–water partition coefficient (Wildman–Crippen LogP) is 3.76. The van der Waals surface area contributed by atoms with Crippen LogP contribution in [0.1, 0.15) is 29.0 Å². The molecule has 0 saturated heterocycles. The molecular weight excluding hydrogens is 246 g/mol. The summed E-state index contributed by atoms with van der Waals surface area (Å²) in [4.78, 5) is 2.52. The van der Waals surface area contributed by atoms with Gasteiger partial charge in [0, 0.05) is 14.2 Å². The van der Waals surface area contributed by atoms with Crippen LogP contribution in [0.5, 0.6) is 0 Å². The van der Waals surface area contributed by atoms with Gasteiger partial charge in [-0.25, -0.2) is 0 Å². The van der Waals surface area contributed by atoms with E-state index >= 15 is 0 Å². The summed E-state index contributed by atoms with van der Waals surface area (Å²) in [6.07, 6.45) is 3.25. The van der Waals surface area contributed by atoms with Crippen LogP contribution in [0.25, 0.3) is 0 Å². The second-order valence-electron chi connectivity index (χ2n) is 3.58. The van der Waals surface area contributed by atoms with Crippen molar-refractivity contribution in [3.8, 4) is 6.07 Å². The second kappa shape index (κ2) is 3.11. The van der Waals surface area contributed by atoms with Gasteiger partial charge in [0.1, 0.15) is 0 Å². The highest BCUT2D eigenvalue weighted by atomic mass is 79.9. The van der Waals surface area contributed by atoms with E-state index in [1.165, 1.54) is 16.2 Å². The molecule has 0 aromatic carbocycles. The number of nitriles is 1. The molecule has 1 fully saturated rings. The molecule has 1 aliphatic rings. The van der Waals surface area contributed by atoms with Crippen molar-refractivity contribution in [1.29, 1.82) is 5.26 Å². The van der Waals surface area contributed by atoms with Crippen LogP contribution in [0.15, 0.2) is 10.5 Å². The van der Waals surface area contributed by atoms with Crippen LogP contribution in [0.2, 0.25) is 0 Å². The summed E-state index contributed by atoms with van der Waals surface area (Å²) in [5, 5.41) is 9.16. The first-order chi connectivity index (χ1) is 6.18. The highest BCUT2D eigenvalue weighted by Crippen LogP contribution is 2.48. The molecule has 13 heavy (non-hydrogen) atoms. The normalized spacial score (nSPS) is 19.2. The molecule has 1 aromatic heterocycles. The number of thiophene rings is 1. The lowest BCUT2D eigenvalue weighted by atomic mass is 9.69. The van der Waals surface area contributed by atoms with Crippen molar-refractivity contribution in [3.05, 3.63) is 20.3 Å². The monoisotopic (exact) mass is 255 g/mol. The summed E-state index contributed by atoms with van der Waals surface area (Å²) in [7, 11) is 0. The zero-order chi connectivity index (χ0) is 9.47. The quantitative estimate of drug-likeness (QED) is 0.750. The van der Waals surface area contributed by atoms with E-state index in [-0.39, 0.29) is 5.41 Å². The molecule has 68 valence electrons. The van der Waals surface area contributed by atoms with E-state index in [0.717, 1.165) is 17.3 Å². The van der Waals surface area contributed by atoms with Crippen LogP contribution < -0.4 is 0 Å². The first kappa shape index (κ1) is 9.23. The molecular formula is C10H10BrNS. The van der Waals surface area contributed by atoms with Crippen LogP contribution >= 0.6 is 27.3 Å². The van der Waals surface area contributed by atoms with Crippen molar-refractivity contribution in [2.45, 2.75) is 31.6 Å². The van der Waals surface area contributed by atoms with Crippen molar-refractivity contribution in [1.82, 2.24) is 0 Å². The van der Waals surface area contributed by atoms with Gasteiger partial charge in [-0.05, 0) is 48.2 Å². The average molecular weight is 256 g/mol. The third kappa shape index (κ3) is 1.33. The number of hydrogen-bond donors (Lipinski definition) is 0. The lowest BCUT2D eigenvalue weighted by Gasteiger charge is -2.34. The number of rotatable bonds is 1. The molecule has 0 radical (unpaired) electrons. The summed E-state index contributed by atoms with van der Waals surface area (Å²) < 4.78 is 1.12. The molecule has 0 spiro atoms.